The molecular formula is C18H43CaCoCrCuFeMgMnN3O6Zn. The maximum atomic E-state index is 10.1. The maximum Gasteiger partial charge on any atom is 0.316 e. The van der Waals surface area contributed by atoms with Gasteiger partial charge in [0.1, 0.15) is 18.1 Å². The fraction of sp³-hybridized carbons (Fsp3) is 0.833. The van der Waals surface area contributed by atoms with Gasteiger partial charge in [-0.2, -0.15) is 0 Å². The third kappa shape index (κ3) is 62.5. The zero-order chi connectivity index (χ0) is 22.3. The van der Waals surface area contributed by atoms with Crippen molar-refractivity contribution in [3.05, 3.63) is 0 Å². The number of nitrogens with two attached hydrogens (primary N) is 3. The van der Waals surface area contributed by atoms with Crippen molar-refractivity contribution in [2.24, 2.45) is 35.0 Å². The summed E-state index contributed by atoms with van der Waals surface area (Å²) in [7, 11) is 0. The molecule has 17 heteroatoms. The average molecular weight is 813 g/mol. The normalized spacial score (nSPS) is 10.6. The van der Waals surface area contributed by atoms with Crippen molar-refractivity contribution in [1.29, 1.82) is 0 Å². The van der Waals surface area contributed by atoms with Crippen molar-refractivity contribution in [1.82, 2.24) is 0 Å². The topological polar surface area (TPSA) is 190 Å². The largest absolute Gasteiger partial charge is 0.316 e. The van der Waals surface area contributed by atoms with Crippen molar-refractivity contribution in [3.8, 4) is 0 Å². The molecule has 213 valence electrons. The van der Waals surface area contributed by atoms with Gasteiger partial charge in [-0.15, -0.1) is 0 Å². The van der Waals surface area contributed by atoms with Crippen molar-refractivity contribution in [2.45, 2.75) is 78.9 Å². The van der Waals surface area contributed by atoms with Crippen molar-refractivity contribution < 1.29 is 135 Å². The second-order valence-electron chi connectivity index (χ2n) is 7.72. The molecule has 0 rings (SSSR count). The van der Waals surface area contributed by atoms with E-state index in [1.807, 2.05) is 41.5 Å². The van der Waals surface area contributed by atoms with E-state index < -0.39 is 36.0 Å². The number of hydrogen-bond donors (Lipinski definition) is 6. The fourth-order valence-corrected chi connectivity index (χ4v) is 1.83. The van der Waals surface area contributed by atoms with Crippen LogP contribution in [0.15, 0.2) is 0 Å². The summed E-state index contributed by atoms with van der Waals surface area (Å²) in [6.45, 7) is 11.7. The number of aliphatic carboxylic acids is 3. The Kier molecular flexibility index (Phi) is 91.2. The molecule has 35 heavy (non-hydrogen) atoms. The summed E-state index contributed by atoms with van der Waals surface area (Å²) in [5.74, 6) is -1.67. The predicted octanol–water partition coefficient (Wildman–Crippen LogP) is -0.514. The van der Waals surface area contributed by atoms with E-state index in [0.717, 1.165) is 0 Å². The summed E-state index contributed by atoms with van der Waals surface area (Å²) in [4.78, 5) is 30.3. The zero-order valence-corrected chi connectivity index (χ0v) is 28.4. The second-order valence-corrected chi connectivity index (χ2v) is 7.72. The average Bonchev–Trinajstić information content (AvgIpc) is 2.46. The summed E-state index contributed by atoms with van der Waals surface area (Å²) in [6, 6.07) is -2.07. The monoisotopic (exact) mass is 810 g/mol. The molecule has 0 unspecified atom stereocenters. The molecule has 0 saturated carbocycles. The van der Waals surface area contributed by atoms with Crippen LogP contribution in [0.25, 0.3) is 0 Å². The van der Waals surface area contributed by atoms with Crippen LogP contribution in [0.5, 0.6) is 0 Å². The molecule has 3 atom stereocenters. The quantitative estimate of drug-likeness (QED) is 0.167. The van der Waals surface area contributed by atoms with Crippen LogP contribution < -0.4 is 17.2 Å². The van der Waals surface area contributed by atoms with Crippen molar-refractivity contribution >= 4 is 78.7 Å². The fourth-order valence-electron chi connectivity index (χ4n) is 1.83. The summed E-state index contributed by atoms with van der Waals surface area (Å²) < 4.78 is 0. The molecule has 9 N–H and O–H groups in total. The van der Waals surface area contributed by atoms with Crippen LogP contribution in [-0.2, 0) is 119 Å². The Morgan fingerprint density at radius 2 is 0.771 bits per heavy atom. The Morgan fingerprint density at radius 3 is 0.800 bits per heavy atom. The minimum Gasteiger partial charge on any atom is 0 e. The smallest absolute Gasteiger partial charge is 0 e. The Hall–Kier alpha value is 3.54. The molecular weight excluding hydrogens is 769 g/mol. The standard InChI is InChI=1S/3C6H13NO2.Ca.Co.Cr.Cu.Fe.Mg.Mn.Zn.4H/c3*1-4(2)3-5(7)6(8)9;;;;;;;;;;;;/h3*4-5H,3,7H2,1-2H3,(H,8,9);;;;;;;;;;;;/t3*5-;;;;;;;;;;;;/m000............/s1. The summed E-state index contributed by atoms with van der Waals surface area (Å²) in [6.07, 6.45) is 1.65. The first kappa shape index (κ1) is 71.6. The minimum atomic E-state index is -0.913. The van der Waals surface area contributed by atoms with E-state index in [4.69, 9.17) is 32.5 Å². The summed E-state index contributed by atoms with van der Waals surface area (Å²) >= 11 is 0. The second kappa shape index (κ2) is 44.6. The van der Waals surface area contributed by atoms with Gasteiger partial charge in [0.2, 0.25) is 0 Å². The molecule has 0 amide bonds. The van der Waals surface area contributed by atoms with E-state index in [0.29, 0.717) is 37.0 Å². The molecule has 9 nitrogen and oxygen atoms in total. The van der Waals surface area contributed by atoms with Gasteiger partial charge < -0.3 is 32.5 Å². The van der Waals surface area contributed by atoms with Crippen LogP contribution in [0.2, 0.25) is 0 Å². The van der Waals surface area contributed by atoms with Crippen molar-refractivity contribution in [2.75, 3.05) is 0 Å². The molecule has 0 heterocycles. The first-order chi connectivity index (χ1) is 12.1. The van der Waals surface area contributed by atoms with E-state index in [1.165, 1.54) is 0 Å². The first-order valence-corrected chi connectivity index (χ1v) is 9.06. The number of carbonyl (C=O) groups is 3. The van der Waals surface area contributed by atoms with Gasteiger partial charge in [-0.1, -0.05) is 41.5 Å². The van der Waals surface area contributed by atoms with Gasteiger partial charge in [0.15, 0.2) is 0 Å². The molecule has 0 aliphatic rings. The van der Waals surface area contributed by atoms with Gasteiger partial charge in [-0.25, -0.2) is 0 Å². The summed E-state index contributed by atoms with van der Waals surface area (Å²) in [5.41, 5.74) is 15.7. The van der Waals surface area contributed by atoms with Gasteiger partial charge in [-0.3, -0.25) is 14.4 Å². The molecule has 0 spiro atoms. The van der Waals surface area contributed by atoms with E-state index in [9.17, 15) is 14.4 Å². The Bertz CT molecular complexity index is 417. The molecule has 0 aromatic rings. The molecule has 0 aromatic carbocycles. The predicted molar refractivity (Wildman–Crippen MR) is 122 cm³/mol. The van der Waals surface area contributed by atoms with Gasteiger partial charge in [-0.05, 0) is 37.0 Å². The van der Waals surface area contributed by atoms with Crippen LogP contribution in [0, 0.1) is 17.8 Å². The third-order valence-electron chi connectivity index (χ3n) is 3.13. The maximum absolute atomic E-state index is 10.1. The molecule has 3 radical (unpaired) electrons. The third-order valence-corrected chi connectivity index (χ3v) is 3.13. The molecule has 0 fully saturated rings. The molecule has 0 aliphatic heterocycles. The van der Waals surface area contributed by atoms with Gasteiger partial charge in [0.05, 0.1) is 0 Å². The van der Waals surface area contributed by atoms with Gasteiger partial charge >= 0.3 is 78.7 Å². The first-order valence-electron chi connectivity index (χ1n) is 9.06. The molecule has 0 bridgehead atoms. The zero-order valence-electron chi connectivity index (χ0n) is 19.9. The van der Waals surface area contributed by atoms with Crippen molar-refractivity contribution in [3.63, 3.8) is 0 Å². The van der Waals surface area contributed by atoms with E-state index in [1.54, 1.807) is 0 Å². The number of hydrogen-bond acceptors (Lipinski definition) is 6. The SMILES string of the molecule is CC(C)C[C@H](N)C(=O)O.CC(C)C[C@H](N)C(=O)O.CC(C)C[C@H](N)C(=O)O.[CaH2].[Co].[Cr].[Cu].[Fe].[MgH2].[Mn].[Zn]. The molecule has 0 aliphatic carbocycles. The Morgan fingerprint density at radius 1 is 0.657 bits per heavy atom. The Balaban J connectivity index is -0.0000000246. The molecule has 0 aromatic heterocycles. The van der Waals surface area contributed by atoms with Crippen LogP contribution >= 0.6 is 0 Å². The van der Waals surface area contributed by atoms with E-state index in [-0.39, 0.29) is 166 Å². The van der Waals surface area contributed by atoms with E-state index in [2.05, 4.69) is 0 Å². The number of rotatable bonds is 9. The van der Waals surface area contributed by atoms with Crippen LogP contribution in [0.1, 0.15) is 60.8 Å². The molecule has 0 saturated heterocycles. The van der Waals surface area contributed by atoms with Gasteiger partial charge in [0.25, 0.3) is 0 Å². The number of carboxylic acid groups (broad SMARTS) is 3. The Labute approximate surface area is 322 Å². The summed E-state index contributed by atoms with van der Waals surface area (Å²) in [5, 5.41) is 24.9. The van der Waals surface area contributed by atoms with E-state index >= 15 is 0 Å². The van der Waals surface area contributed by atoms with Gasteiger partial charge in [0, 0.05) is 105 Å². The van der Waals surface area contributed by atoms with Crippen LogP contribution in [-0.4, -0.2) is 112 Å². The van der Waals surface area contributed by atoms with Crippen LogP contribution in [0.4, 0.5) is 0 Å². The van der Waals surface area contributed by atoms with Crippen LogP contribution in [0.3, 0.4) is 0 Å². The minimum absolute atomic E-state index is 0. The number of carboxylic acids is 3.